The number of fused-ring (bicyclic) bond motifs is 1. The van der Waals surface area contributed by atoms with Gasteiger partial charge < -0.3 is 14.6 Å². The van der Waals surface area contributed by atoms with Crippen LogP contribution in [0.15, 0.2) is 30.3 Å². The molecule has 4 nitrogen and oxygen atoms in total. The van der Waals surface area contributed by atoms with E-state index in [0.717, 1.165) is 16.3 Å². The topological polar surface area (TPSA) is 55.8 Å². The highest BCUT2D eigenvalue weighted by molar-refractivity contribution is 5.92. The quantitative estimate of drug-likeness (QED) is 0.918. The van der Waals surface area contributed by atoms with Gasteiger partial charge in [0.1, 0.15) is 0 Å². The van der Waals surface area contributed by atoms with Crippen molar-refractivity contribution in [3.8, 4) is 11.5 Å². The molecule has 0 radical (unpaired) electrons. The molecule has 1 atom stereocenters. The van der Waals surface area contributed by atoms with E-state index in [4.69, 9.17) is 14.6 Å². The van der Waals surface area contributed by atoms with Gasteiger partial charge in [-0.3, -0.25) is 4.79 Å². The van der Waals surface area contributed by atoms with Crippen molar-refractivity contribution in [3.05, 3.63) is 35.9 Å². The lowest BCUT2D eigenvalue weighted by molar-refractivity contribution is -0.138. The van der Waals surface area contributed by atoms with E-state index >= 15 is 0 Å². The Kier molecular flexibility index (Phi) is 3.60. The predicted octanol–water partition coefficient (Wildman–Crippen LogP) is 3.05. The van der Waals surface area contributed by atoms with Gasteiger partial charge in [0.05, 0.1) is 20.1 Å². The molecule has 2 rings (SSSR count). The zero-order valence-electron chi connectivity index (χ0n) is 11.1. The van der Waals surface area contributed by atoms with Crippen LogP contribution in [0.5, 0.6) is 11.5 Å². The fraction of sp³-hybridized carbons (Fsp3) is 0.267. The number of carboxylic acid groups (broad SMARTS) is 1. The van der Waals surface area contributed by atoms with Crippen LogP contribution in [-0.2, 0) is 4.79 Å². The molecule has 0 aliphatic carbocycles. The molecule has 0 fully saturated rings. The van der Waals surface area contributed by atoms with E-state index < -0.39 is 11.9 Å². The first-order valence-corrected chi connectivity index (χ1v) is 5.96. The van der Waals surface area contributed by atoms with Gasteiger partial charge >= 0.3 is 5.97 Å². The van der Waals surface area contributed by atoms with Crippen molar-refractivity contribution in [2.45, 2.75) is 12.8 Å². The molecule has 0 spiro atoms. The molecule has 0 heterocycles. The Morgan fingerprint density at radius 2 is 1.79 bits per heavy atom. The number of carboxylic acids is 1. The van der Waals surface area contributed by atoms with Crippen molar-refractivity contribution in [1.29, 1.82) is 0 Å². The van der Waals surface area contributed by atoms with Gasteiger partial charge in [-0.05, 0) is 35.4 Å². The molecule has 0 saturated carbocycles. The van der Waals surface area contributed by atoms with E-state index in [0.29, 0.717) is 11.5 Å². The Hall–Kier alpha value is -2.23. The summed E-state index contributed by atoms with van der Waals surface area (Å²) in [5.74, 6) is -0.181. The Morgan fingerprint density at radius 3 is 2.37 bits per heavy atom. The minimum atomic E-state index is -0.845. The second kappa shape index (κ2) is 5.18. The van der Waals surface area contributed by atoms with Gasteiger partial charge in [-0.15, -0.1) is 0 Å². The van der Waals surface area contributed by atoms with E-state index in [2.05, 4.69) is 0 Å². The van der Waals surface area contributed by atoms with Crippen molar-refractivity contribution in [1.82, 2.24) is 0 Å². The summed E-state index contributed by atoms with van der Waals surface area (Å²) in [7, 11) is 3.14. The normalized spacial score (nSPS) is 12.2. The Balaban J connectivity index is 2.70. The first kappa shape index (κ1) is 13.2. The number of benzene rings is 2. The van der Waals surface area contributed by atoms with Crippen LogP contribution in [0.1, 0.15) is 18.4 Å². The van der Waals surface area contributed by atoms with E-state index in [1.165, 1.54) is 0 Å². The second-order valence-electron chi connectivity index (χ2n) is 4.34. The van der Waals surface area contributed by atoms with E-state index in [1.54, 1.807) is 21.1 Å². The fourth-order valence-electron chi connectivity index (χ4n) is 2.14. The molecule has 1 N–H and O–H groups in total. The molecule has 2 aromatic rings. The minimum absolute atomic E-state index is 0.568. The van der Waals surface area contributed by atoms with Gasteiger partial charge in [0.2, 0.25) is 0 Å². The number of carbonyl (C=O) groups is 1. The molecule has 2 aromatic carbocycles. The molecule has 0 aliphatic rings. The van der Waals surface area contributed by atoms with Crippen LogP contribution in [0.4, 0.5) is 0 Å². The standard InChI is InChI=1S/C15H16O4/c1-9(15(16)17)11-6-4-5-10-7-13(18-2)14(19-3)8-12(10)11/h4-9H,1-3H3,(H,16,17). The zero-order valence-corrected chi connectivity index (χ0v) is 11.1. The van der Waals surface area contributed by atoms with Crippen molar-refractivity contribution < 1.29 is 19.4 Å². The SMILES string of the molecule is COc1cc2cccc(C(C)C(=O)O)c2cc1OC. The van der Waals surface area contributed by atoms with Crippen molar-refractivity contribution in [3.63, 3.8) is 0 Å². The highest BCUT2D eigenvalue weighted by atomic mass is 16.5. The van der Waals surface area contributed by atoms with Crippen LogP contribution >= 0.6 is 0 Å². The number of hydrogen-bond acceptors (Lipinski definition) is 3. The minimum Gasteiger partial charge on any atom is -0.493 e. The molecule has 19 heavy (non-hydrogen) atoms. The third-order valence-electron chi connectivity index (χ3n) is 3.26. The molecular weight excluding hydrogens is 244 g/mol. The van der Waals surface area contributed by atoms with Gasteiger partial charge in [-0.1, -0.05) is 18.2 Å². The summed E-state index contributed by atoms with van der Waals surface area (Å²) in [6.07, 6.45) is 0. The first-order chi connectivity index (χ1) is 9.08. The van der Waals surface area contributed by atoms with E-state index in [1.807, 2.05) is 30.3 Å². The summed E-state index contributed by atoms with van der Waals surface area (Å²) >= 11 is 0. The molecule has 100 valence electrons. The van der Waals surface area contributed by atoms with Crippen molar-refractivity contribution in [2.24, 2.45) is 0 Å². The van der Waals surface area contributed by atoms with Gasteiger partial charge in [-0.25, -0.2) is 0 Å². The van der Waals surface area contributed by atoms with Gasteiger partial charge in [0, 0.05) is 0 Å². The highest BCUT2D eigenvalue weighted by Crippen LogP contribution is 2.35. The Labute approximate surface area is 111 Å². The van der Waals surface area contributed by atoms with Crippen molar-refractivity contribution >= 4 is 16.7 Å². The molecule has 4 heteroatoms. The fourth-order valence-corrected chi connectivity index (χ4v) is 2.14. The lowest BCUT2D eigenvalue weighted by atomic mass is 9.94. The summed E-state index contributed by atoms with van der Waals surface area (Å²) in [5.41, 5.74) is 0.769. The molecule has 0 amide bonds. The third-order valence-corrected chi connectivity index (χ3v) is 3.26. The molecule has 0 bridgehead atoms. The van der Waals surface area contributed by atoms with Gasteiger partial charge in [0.15, 0.2) is 11.5 Å². The predicted molar refractivity (Wildman–Crippen MR) is 73.1 cm³/mol. The maximum absolute atomic E-state index is 11.2. The number of aliphatic carboxylic acids is 1. The maximum Gasteiger partial charge on any atom is 0.310 e. The van der Waals surface area contributed by atoms with Crippen LogP contribution in [0, 0.1) is 0 Å². The average Bonchev–Trinajstić information content (AvgIpc) is 2.44. The summed E-state index contributed by atoms with van der Waals surface area (Å²) in [4.78, 5) is 11.2. The van der Waals surface area contributed by atoms with E-state index in [-0.39, 0.29) is 0 Å². The maximum atomic E-state index is 11.2. The lowest BCUT2D eigenvalue weighted by Crippen LogP contribution is -2.07. The Morgan fingerprint density at radius 1 is 1.16 bits per heavy atom. The molecule has 0 aromatic heterocycles. The largest absolute Gasteiger partial charge is 0.493 e. The zero-order chi connectivity index (χ0) is 14.0. The number of rotatable bonds is 4. The summed E-state index contributed by atoms with van der Waals surface area (Å²) in [5, 5.41) is 11.0. The Bertz CT molecular complexity index is 619. The number of hydrogen-bond donors (Lipinski definition) is 1. The molecular formula is C15H16O4. The first-order valence-electron chi connectivity index (χ1n) is 5.96. The van der Waals surface area contributed by atoms with Gasteiger partial charge in [0.25, 0.3) is 0 Å². The highest BCUT2D eigenvalue weighted by Gasteiger charge is 2.17. The smallest absolute Gasteiger partial charge is 0.310 e. The molecule has 0 saturated heterocycles. The second-order valence-corrected chi connectivity index (χ2v) is 4.34. The summed E-state index contributed by atoms with van der Waals surface area (Å²) in [6.45, 7) is 1.67. The summed E-state index contributed by atoms with van der Waals surface area (Å²) < 4.78 is 10.5. The van der Waals surface area contributed by atoms with E-state index in [9.17, 15) is 4.79 Å². The van der Waals surface area contributed by atoms with Gasteiger partial charge in [-0.2, -0.15) is 0 Å². The van der Waals surface area contributed by atoms with Crippen LogP contribution in [-0.4, -0.2) is 25.3 Å². The van der Waals surface area contributed by atoms with Crippen LogP contribution in [0.2, 0.25) is 0 Å². The number of methoxy groups -OCH3 is 2. The molecule has 1 unspecified atom stereocenters. The lowest BCUT2D eigenvalue weighted by Gasteiger charge is -2.14. The third kappa shape index (κ3) is 2.34. The monoisotopic (exact) mass is 260 g/mol. The van der Waals surface area contributed by atoms with Crippen LogP contribution in [0.3, 0.4) is 0 Å². The van der Waals surface area contributed by atoms with Crippen LogP contribution < -0.4 is 9.47 Å². The number of ether oxygens (including phenoxy) is 2. The molecule has 0 aliphatic heterocycles. The van der Waals surface area contributed by atoms with Crippen LogP contribution in [0.25, 0.3) is 10.8 Å². The van der Waals surface area contributed by atoms with Crippen molar-refractivity contribution in [2.75, 3.05) is 14.2 Å². The summed E-state index contributed by atoms with van der Waals surface area (Å²) in [6, 6.07) is 9.28. The average molecular weight is 260 g/mol.